The van der Waals surface area contributed by atoms with Crippen LogP contribution in [-0.2, 0) is 9.59 Å². The summed E-state index contributed by atoms with van der Waals surface area (Å²) in [5.74, 6) is 0.661. The van der Waals surface area contributed by atoms with Crippen molar-refractivity contribution in [2.45, 2.75) is 25.5 Å². The fraction of sp³-hybridized carbons (Fsp3) is 0.292. The van der Waals surface area contributed by atoms with E-state index in [4.69, 9.17) is 14.5 Å². The number of para-hydroxylation sites is 1. The number of rotatable bonds is 8. The molecular weight excluding hydrogens is 426 g/mol. The summed E-state index contributed by atoms with van der Waals surface area (Å²) < 4.78 is 10.5. The second kappa shape index (κ2) is 10.4. The zero-order chi connectivity index (χ0) is 23.3. The molecule has 0 aromatic heterocycles. The number of ether oxygens (including phenoxy) is 2. The van der Waals surface area contributed by atoms with E-state index in [1.54, 1.807) is 36.3 Å². The molecule has 0 aliphatic carbocycles. The molecule has 3 rings (SSSR count). The van der Waals surface area contributed by atoms with Gasteiger partial charge in [-0.15, -0.1) is 6.58 Å². The van der Waals surface area contributed by atoms with Crippen LogP contribution in [0.5, 0.6) is 11.5 Å². The van der Waals surface area contributed by atoms with Crippen molar-refractivity contribution in [1.82, 2.24) is 4.90 Å². The molecule has 0 bridgehead atoms. The highest BCUT2D eigenvalue weighted by atomic mass is 32.2. The van der Waals surface area contributed by atoms with E-state index in [9.17, 15) is 9.59 Å². The van der Waals surface area contributed by atoms with Gasteiger partial charge < -0.3 is 14.8 Å². The quantitative estimate of drug-likeness (QED) is 0.597. The minimum absolute atomic E-state index is 0.0251. The van der Waals surface area contributed by atoms with Gasteiger partial charge in [-0.25, -0.2) is 4.99 Å². The average molecular weight is 454 g/mol. The number of aryl methyl sites for hydroxylation is 2. The van der Waals surface area contributed by atoms with Crippen molar-refractivity contribution in [2.75, 3.05) is 26.1 Å². The fourth-order valence-corrected chi connectivity index (χ4v) is 4.55. The Balaban J connectivity index is 1.77. The number of hydrogen-bond donors (Lipinski definition) is 1. The summed E-state index contributed by atoms with van der Waals surface area (Å²) in [6.45, 7) is 8.06. The fourth-order valence-electron chi connectivity index (χ4n) is 3.39. The SMILES string of the molecule is C=CCN1C(=O)C(CC(=O)Nc2ccc(OC)c(OC)c2)SC1=Nc1c(C)cccc1C. The van der Waals surface area contributed by atoms with Crippen molar-refractivity contribution in [2.24, 2.45) is 4.99 Å². The van der Waals surface area contributed by atoms with Gasteiger partial charge >= 0.3 is 0 Å². The van der Waals surface area contributed by atoms with Crippen LogP contribution in [0, 0.1) is 13.8 Å². The molecule has 1 fully saturated rings. The van der Waals surface area contributed by atoms with Crippen LogP contribution in [0.15, 0.2) is 54.0 Å². The normalized spacial score (nSPS) is 16.9. The van der Waals surface area contributed by atoms with Crippen molar-refractivity contribution >= 4 is 40.1 Å². The monoisotopic (exact) mass is 453 g/mol. The first-order valence-corrected chi connectivity index (χ1v) is 11.0. The lowest BCUT2D eigenvalue weighted by Gasteiger charge is -2.15. The Hall–Kier alpha value is -3.26. The highest BCUT2D eigenvalue weighted by molar-refractivity contribution is 8.15. The minimum atomic E-state index is -0.557. The van der Waals surface area contributed by atoms with Gasteiger partial charge in [-0.2, -0.15) is 0 Å². The standard InChI is InChI=1S/C24H27N3O4S/c1-6-12-27-23(29)20(32-24(27)26-22-15(2)8-7-9-16(22)3)14-21(28)25-17-10-11-18(30-4)19(13-17)31-5/h6-11,13,20H,1,12,14H2,2-5H3,(H,25,28). The number of aliphatic imine (C=N–C) groups is 1. The highest BCUT2D eigenvalue weighted by Gasteiger charge is 2.38. The minimum Gasteiger partial charge on any atom is -0.493 e. The smallest absolute Gasteiger partial charge is 0.242 e. The maximum atomic E-state index is 13.0. The Kier molecular flexibility index (Phi) is 7.58. The average Bonchev–Trinajstić information content (AvgIpc) is 3.05. The van der Waals surface area contributed by atoms with Crippen LogP contribution in [0.4, 0.5) is 11.4 Å². The first-order chi connectivity index (χ1) is 15.4. The molecule has 168 valence electrons. The van der Waals surface area contributed by atoms with Crippen LogP contribution in [0.3, 0.4) is 0 Å². The molecule has 1 aliphatic heterocycles. The molecule has 7 nitrogen and oxygen atoms in total. The van der Waals surface area contributed by atoms with Crippen molar-refractivity contribution in [3.63, 3.8) is 0 Å². The maximum absolute atomic E-state index is 13.0. The van der Waals surface area contributed by atoms with Gasteiger partial charge in [0.05, 0.1) is 19.9 Å². The molecule has 2 amide bonds. The molecule has 0 spiro atoms. The molecular formula is C24H27N3O4S. The van der Waals surface area contributed by atoms with E-state index in [0.717, 1.165) is 16.8 Å². The van der Waals surface area contributed by atoms with E-state index < -0.39 is 5.25 Å². The van der Waals surface area contributed by atoms with E-state index in [-0.39, 0.29) is 18.2 Å². The summed E-state index contributed by atoms with van der Waals surface area (Å²) in [5, 5.41) is 2.85. The number of amides is 2. The molecule has 1 aliphatic rings. The van der Waals surface area contributed by atoms with Crippen molar-refractivity contribution < 1.29 is 19.1 Å². The first-order valence-electron chi connectivity index (χ1n) is 10.1. The number of amidine groups is 1. The van der Waals surface area contributed by atoms with Gasteiger partial charge in [-0.05, 0) is 37.1 Å². The third-order valence-electron chi connectivity index (χ3n) is 5.02. The summed E-state index contributed by atoms with van der Waals surface area (Å²) >= 11 is 1.30. The van der Waals surface area contributed by atoms with Gasteiger partial charge in [0.15, 0.2) is 16.7 Å². The molecule has 0 saturated carbocycles. The summed E-state index contributed by atoms with van der Waals surface area (Å²) in [4.78, 5) is 32.0. The van der Waals surface area contributed by atoms with Gasteiger partial charge in [0, 0.05) is 24.7 Å². The van der Waals surface area contributed by atoms with Gasteiger partial charge in [0.25, 0.3) is 0 Å². The van der Waals surface area contributed by atoms with Gasteiger partial charge in [0.2, 0.25) is 11.8 Å². The molecule has 2 aromatic rings. The number of nitrogens with zero attached hydrogens (tertiary/aromatic N) is 2. The second-order valence-electron chi connectivity index (χ2n) is 7.30. The Morgan fingerprint density at radius 2 is 1.88 bits per heavy atom. The molecule has 32 heavy (non-hydrogen) atoms. The van der Waals surface area contributed by atoms with E-state index in [1.165, 1.54) is 18.9 Å². The van der Waals surface area contributed by atoms with Crippen LogP contribution in [0.2, 0.25) is 0 Å². The van der Waals surface area contributed by atoms with Crippen LogP contribution in [0.25, 0.3) is 0 Å². The number of carbonyl (C=O) groups is 2. The van der Waals surface area contributed by atoms with Gasteiger partial charge in [-0.3, -0.25) is 14.5 Å². The highest BCUT2D eigenvalue weighted by Crippen LogP contribution is 2.34. The summed E-state index contributed by atoms with van der Waals surface area (Å²) in [7, 11) is 3.08. The number of anilines is 1. The lowest BCUT2D eigenvalue weighted by atomic mass is 10.1. The van der Waals surface area contributed by atoms with E-state index in [2.05, 4.69) is 11.9 Å². The van der Waals surface area contributed by atoms with Crippen LogP contribution in [-0.4, -0.2) is 47.9 Å². The topological polar surface area (TPSA) is 80.2 Å². The van der Waals surface area contributed by atoms with Gasteiger partial charge in [-0.1, -0.05) is 36.0 Å². The summed E-state index contributed by atoms with van der Waals surface area (Å²) in [6, 6.07) is 11.1. The predicted molar refractivity (Wildman–Crippen MR) is 129 cm³/mol. The van der Waals surface area contributed by atoms with Gasteiger partial charge in [0.1, 0.15) is 5.25 Å². The number of thioether (sulfide) groups is 1. The third kappa shape index (κ3) is 5.13. The first kappa shape index (κ1) is 23.4. The zero-order valence-corrected chi connectivity index (χ0v) is 19.5. The molecule has 1 N–H and O–H groups in total. The Morgan fingerprint density at radius 1 is 1.19 bits per heavy atom. The molecule has 8 heteroatoms. The lowest BCUT2D eigenvalue weighted by molar-refractivity contribution is -0.127. The Labute approximate surface area is 192 Å². The molecule has 1 saturated heterocycles. The third-order valence-corrected chi connectivity index (χ3v) is 6.19. The Bertz CT molecular complexity index is 1050. The van der Waals surface area contributed by atoms with Crippen LogP contribution in [0.1, 0.15) is 17.5 Å². The molecule has 1 heterocycles. The largest absolute Gasteiger partial charge is 0.493 e. The van der Waals surface area contributed by atoms with Crippen molar-refractivity contribution in [3.8, 4) is 11.5 Å². The lowest BCUT2D eigenvalue weighted by Crippen LogP contribution is -2.33. The number of methoxy groups -OCH3 is 2. The number of carbonyl (C=O) groups excluding carboxylic acids is 2. The number of benzene rings is 2. The predicted octanol–water partition coefficient (Wildman–Crippen LogP) is 4.47. The van der Waals surface area contributed by atoms with E-state index >= 15 is 0 Å². The second-order valence-corrected chi connectivity index (χ2v) is 8.47. The van der Waals surface area contributed by atoms with Crippen molar-refractivity contribution in [1.29, 1.82) is 0 Å². The summed E-state index contributed by atoms with van der Waals surface area (Å²) in [6.07, 6.45) is 1.68. The van der Waals surface area contributed by atoms with Crippen LogP contribution >= 0.6 is 11.8 Å². The molecule has 1 unspecified atom stereocenters. The summed E-state index contributed by atoms with van der Waals surface area (Å²) in [5.41, 5.74) is 3.46. The van der Waals surface area contributed by atoms with Crippen LogP contribution < -0.4 is 14.8 Å². The molecule has 0 radical (unpaired) electrons. The van der Waals surface area contributed by atoms with Crippen molar-refractivity contribution in [3.05, 3.63) is 60.2 Å². The zero-order valence-electron chi connectivity index (χ0n) is 18.7. The molecule has 1 atom stereocenters. The van der Waals surface area contributed by atoms with E-state index in [0.29, 0.717) is 28.9 Å². The van der Waals surface area contributed by atoms with E-state index in [1.807, 2.05) is 32.0 Å². The Morgan fingerprint density at radius 3 is 2.50 bits per heavy atom. The number of nitrogens with one attached hydrogen (secondary N) is 1. The number of hydrogen-bond acceptors (Lipinski definition) is 6. The molecule has 2 aromatic carbocycles. The maximum Gasteiger partial charge on any atom is 0.242 e.